The molecule has 0 radical (unpaired) electrons. The van der Waals surface area contributed by atoms with Gasteiger partial charge in [0.25, 0.3) is 0 Å². The molecular weight excluding hydrogens is 528 g/mol. The van der Waals surface area contributed by atoms with Crippen LogP contribution in [0.15, 0.2) is 66.9 Å². The van der Waals surface area contributed by atoms with Crippen LogP contribution >= 0.6 is 0 Å². The molecule has 0 aliphatic carbocycles. The van der Waals surface area contributed by atoms with Crippen LogP contribution in [0.3, 0.4) is 0 Å². The number of nitrogens with one attached hydrogen (secondary N) is 1. The molecule has 1 aliphatic rings. The Morgan fingerprint density at radius 1 is 1.05 bits per heavy atom. The largest absolute Gasteiger partial charge is 0.415 e. The Balaban J connectivity index is 1.30. The van der Waals surface area contributed by atoms with E-state index in [1.54, 1.807) is 0 Å². The molecule has 8 nitrogen and oxygen atoms in total. The highest BCUT2D eigenvalue weighted by Crippen LogP contribution is 2.33. The quantitative estimate of drug-likeness (QED) is 0.263. The lowest BCUT2D eigenvalue weighted by Crippen LogP contribution is -2.39. The van der Waals surface area contributed by atoms with Crippen LogP contribution in [0.1, 0.15) is 64.5 Å². The summed E-state index contributed by atoms with van der Waals surface area (Å²) in [5, 5.41) is 8.44. The van der Waals surface area contributed by atoms with Crippen molar-refractivity contribution in [1.82, 2.24) is 19.5 Å². The number of primary amides is 1. The van der Waals surface area contributed by atoms with Crippen LogP contribution in [0.4, 0.5) is 11.6 Å². The molecule has 5 rings (SSSR count). The zero-order valence-corrected chi connectivity index (χ0v) is 26.3. The molecule has 9 heteroatoms. The Morgan fingerprint density at radius 3 is 2.46 bits per heavy atom. The molecule has 0 unspecified atom stereocenters. The fourth-order valence-corrected chi connectivity index (χ4v) is 6.28. The lowest BCUT2D eigenvalue weighted by molar-refractivity contribution is -0.119. The molecule has 1 saturated heterocycles. The number of nitrogens with two attached hydrogens (primary N) is 1. The summed E-state index contributed by atoms with van der Waals surface area (Å²) in [7, 11) is -0.697. The average Bonchev–Trinajstić information content (AvgIpc) is 3.36. The fraction of sp³-hybridized carbons (Fsp3) is 0.406. The van der Waals surface area contributed by atoms with Crippen molar-refractivity contribution in [3.8, 4) is 11.3 Å². The summed E-state index contributed by atoms with van der Waals surface area (Å²) in [5.74, 6) is 0.773. The van der Waals surface area contributed by atoms with Gasteiger partial charge in [-0.25, -0.2) is 9.50 Å². The first-order chi connectivity index (χ1) is 19.5. The van der Waals surface area contributed by atoms with Gasteiger partial charge in [0, 0.05) is 11.3 Å². The molecule has 1 aliphatic heterocycles. The van der Waals surface area contributed by atoms with Gasteiger partial charge >= 0.3 is 0 Å². The van der Waals surface area contributed by atoms with Crippen LogP contribution in [0.5, 0.6) is 0 Å². The smallest absolute Gasteiger partial charge is 0.245 e. The summed E-state index contributed by atoms with van der Waals surface area (Å²) in [6, 6.07) is 21.2. The first-order valence-corrected chi connectivity index (χ1v) is 15.7. The third kappa shape index (κ3) is 7.22. The average molecular weight is 571 g/mol. The SMILES string of the molecule is CC(C)(C)[SiH2]OC(C)(C)c1cccc(-c2ccc3cnc(Nc4ccc(C5CCN(CC(N)=O)CC5)cc4)nn23)c1. The number of piperidine rings is 1. The van der Waals surface area contributed by atoms with Gasteiger partial charge in [-0.3, -0.25) is 9.69 Å². The van der Waals surface area contributed by atoms with E-state index in [1.165, 1.54) is 5.56 Å². The molecule has 1 fully saturated rings. The first-order valence-electron chi connectivity index (χ1n) is 14.4. The van der Waals surface area contributed by atoms with Gasteiger partial charge in [-0.05, 0) is 92.2 Å². The molecule has 3 heterocycles. The lowest BCUT2D eigenvalue weighted by atomic mass is 9.89. The maximum atomic E-state index is 11.2. The van der Waals surface area contributed by atoms with E-state index in [-0.39, 0.29) is 16.5 Å². The van der Waals surface area contributed by atoms with Crippen molar-refractivity contribution < 1.29 is 9.22 Å². The van der Waals surface area contributed by atoms with E-state index in [1.807, 2.05) is 16.8 Å². The number of benzene rings is 2. The standard InChI is InChI=1S/C32H42N6O2Si/c1-31(2,3)41-40-32(4,5)25-8-6-7-24(19-25)28-14-13-27-20-34-30(36-38(27)28)35-26-11-9-22(10-12-26)23-15-17-37(18-16-23)21-29(33)39/h6-14,19-20,23H,15-18,21,41H2,1-5H3,(H2,33,39)(H,35,36). The van der Waals surface area contributed by atoms with Crippen molar-refractivity contribution in [2.75, 3.05) is 25.0 Å². The van der Waals surface area contributed by atoms with E-state index in [0.717, 1.165) is 54.0 Å². The minimum Gasteiger partial charge on any atom is -0.415 e. The number of hydrogen-bond donors (Lipinski definition) is 2. The number of carbonyl (C=O) groups is 1. The van der Waals surface area contributed by atoms with Gasteiger partial charge in [0.05, 0.1) is 29.6 Å². The maximum Gasteiger partial charge on any atom is 0.245 e. The molecule has 1 amide bonds. The predicted octanol–water partition coefficient (Wildman–Crippen LogP) is 5.36. The van der Waals surface area contributed by atoms with Gasteiger partial charge in [-0.2, -0.15) is 0 Å². The molecule has 2 aromatic carbocycles. The molecular formula is C32H42N6O2Si. The van der Waals surface area contributed by atoms with Crippen LogP contribution in [0, 0.1) is 0 Å². The van der Waals surface area contributed by atoms with Crippen molar-refractivity contribution in [2.24, 2.45) is 5.73 Å². The van der Waals surface area contributed by atoms with Crippen LogP contribution in [-0.2, 0) is 14.8 Å². The molecule has 0 bridgehead atoms. The topological polar surface area (TPSA) is 97.8 Å². The van der Waals surface area contributed by atoms with Crippen molar-refractivity contribution >= 4 is 32.8 Å². The summed E-state index contributed by atoms with van der Waals surface area (Å²) in [6.07, 6.45) is 3.90. The van der Waals surface area contributed by atoms with Gasteiger partial charge in [0.2, 0.25) is 11.9 Å². The highest BCUT2D eigenvalue weighted by Gasteiger charge is 2.25. The Labute approximate surface area is 245 Å². The molecule has 0 saturated carbocycles. The van der Waals surface area contributed by atoms with Gasteiger partial charge in [0.1, 0.15) is 0 Å². The van der Waals surface area contributed by atoms with E-state index >= 15 is 0 Å². The van der Waals surface area contributed by atoms with Gasteiger partial charge in [0.15, 0.2) is 9.76 Å². The first kappa shape index (κ1) is 29.0. The predicted molar refractivity (Wildman–Crippen MR) is 168 cm³/mol. The minimum atomic E-state index is -0.697. The number of fused-ring (bicyclic) bond motifs is 1. The van der Waals surface area contributed by atoms with Gasteiger partial charge in [-0.1, -0.05) is 51.1 Å². The minimum absolute atomic E-state index is 0.234. The number of aromatic nitrogens is 3. The second kappa shape index (κ2) is 11.8. The Bertz CT molecular complexity index is 1500. The summed E-state index contributed by atoms with van der Waals surface area (Å²) in [4.78, 5) is 17.9. The third-order valence-electron chi connectivity index (χ3n) is 7.72. The monoisotopic (exact) mass is 570 g/mol. The second-order valence-corrected chi connectivity index (χ2v) is 15.5. The normalized spacial score (nSPS) is 15.6. The number of rotatable bonds is 9. The van der Waals surface area contributed by atoms with E-state index in [2.05, 4.69) is 104 Å². The number of hydrogen-bond acceptors (Lipinski definition) is 6. The van der Waals surface area contributed by atoms with Crippen LogP contribution in [0.25, 0.3) is 16.8 Å². The fourth-order valence-electron chi connectivity index (χ4n) is 5.32. The van der Waals surface area contributed by atoms with E-state index in [9.17, 15) is 4.79 Å². The summed E-state index contributed by atoms with van der Waals surface area (Å²) in [6.45, 7) is 13.2. The van der Waals surface area contributed by atoms with E-state index < -0.39 is 9.76 Å². The molecule has 3 N–H and O–H groups in total. The van der Waals surface area contributed by atoms with Crippen LogP contribution < -0.4 is 11.1 Å². The van der Waals surface area contributed by atoms with E-state index in [4.69, 9.17) is 15.3 Å². The number of nitrogens with zero attached hydrogens (tertiary/aromatic N) is 4. The Hall–Kier alpha value is -3.53. The highest BCUT2D eigenvalue weighted by molar-refractivity contribution is 6.31. The van der Waals surface area contributed by atoms with Crippen molar-refractivity contribution in [2.45, 2.75) is 64.0 Å². The van der Waals surface area contributed by atoms with Crippen molar-refractivity contribution in [3.05, 3.63) is 78.0 Å². The molecule has 216 valence electrons. The molecule has 0 spiro atoms. The van der Waals surface area contributed by atoms with Crippen LogP contribution in [-0.4, -0.2) is 54.8 Å². The number of carbonyl (C=O) groups excluding carboxylic acids is 1. The zero-order chi connectivity index (χ0) is 29.2. The summed E-state index contributed by atoms with van der Waals surface area (Å²) < 4.78 is 8.41. The number of amides is 1. The number of likely N-dealkylation sites (tertiary alicyclic amines) is 1. The molecule has 41 heavy (non-hydrogen) atoms. The van der Waals surface area contributed by atoms with Crippen molar-refractivity contribution in [1.29, 1.82) is 0 Å². The van der Waals surface area contributed by atoms with Gasteiger partial charge < -0.3 is 15.5 Å². The zero-order valence-electron chi connectivity index (χ0n) is 24.9. The molecule has 4 aromatic rings. The summed E-state index contributed by atoms with van der Waals surface area (Å²) in [5.41, 5.74) is 11.5. The van der Waals surface area contributed by atoms with Crippen LogP contribution in [0.2, 0.25) is 5.04 Å². The van der Waals surface area contributed by atoms with E-state index in [0.29, 0.717) is 18.4 Å². The molecule has 2 aromatic heterocycles. The number of anilines is 2. The third-order valence-corrected chi connectivity index (χ3v) is 9.46. The Kier molecular flexibility index (Phi) is 8.31. The second-order valence-electron chi connectivity index (χ2n) is 12.8. The summed E-state index contributed by atoms with van der Waals surface area (Å²) >= 11 is 0. The Morgan fingerprint density at radius 2 is 1.78 bits per heavy atom. The highest BCUT2D eigenvalue weighted by atomic mass is 28.2. The lowest BCUT2D eigenvalue weighted by Gasteiger charge is -2.31. The van der Waals surface area contributed by atoms with Crippen molar-refractivity contribution in [3.63, 3.8) is 0 Å². The molecule has 0 atom stereocenters. The van der Waals surface area contributed by atoms with Gasteiger partial charge in [-0.15, -0.1) is 5.10 Å². The maximum absolute atomic E-state index is 11.2.